The van der Waals surface area contributed by atoms with Gasteiger partial charge in [0.05, 0.1) is 18.2 Å². The number of carbonyl (C=O) groups excluding carboxylic acids is 2. The van der Waals surface area contributed by atoms with Crippen LogP contribution in [-0.2, 0) is 14.3 Å². The summed E-state index contributed by atoms with van der Waals surface area (Å²) in [6, 6.07) is 13.7. The third-order valence-electron chi connectivity index (χ3n) is 3.95. The van der Waals surface area contributed by atoms with Crippen molar-refractivity contribution in [1.29, 1.82) is 5.26 Å². The minimum Gasteiger partial charge on any atom is -0.496 e. The molecule has 160 valence electrons. The maximum Gasteiger partial charge on any atom is 0.336 e. The summed E-state index contributed by atoms with van der Waals surface area (Å²) >= 11 is 3.39. The molecule has 0 saturated carbocycles. The number of ether oxygens (including phenoxy) is 3. The average molecular weight is 485 g/mol. The Morgan fingerprint density at radius 1 is 1.13 bits per heavy atom. The second kappa shape index (κ2) is 12.3. The second-order valence-electron chi connectivity index (χ2n) is 6.14. The number of hydrogen-bond donors (Lipinski definition) is 1. The predicted octanol–water partition coefficient (Wildman–Crippen LogP) is 3.75. The Hall–Kier alpha value is -3.41. The van der Waals surface area contributed by atoms with Crippen LogP contribution in [0.3, 0.4) is 0 Å². The Morgan fingerprint density at radius 3 is 2.45 bits per heavy atom. The van der Waals surface area contributed by atoms with Crippen molar-refractivity contribution in [2.45, 2.75) is 0 Å². The number of nitriles is 1. The number of benzene rings is 2. The van der Waals surface area contributed by atoms with Gasteiger partial charge in [0.15, 0.2) is 0 Å². The molecule has 2 aromatic rings. The molecule has 0 aromatic heterocycles. The van der Waals surface area contributed by atoms with Crippen molar-refractivity contribution >= 4 is 40.0 Å². The number of nitrogens with one attached hydrogen (secondary N) is 1. The van der Waals surface area contributed by atoms with Crippen LogP contribution in [0.25, 0.3) is 12.2 Å². The van der Waals surface area contributed by atoms with Gasteiger partial charge < -0.3 is 19.5 Å². The molecule has 2 aromatic carbocycles. The van der Waals surface area contributed by atoms with Gasteiger partial charge in [-0.05, 0) is 63.5 Å². The molecule has 0 bridgehead atoms. The maximum atomic E-state index is 12.1. The fourth-order valence-corrected chi connectivity index (χ4v) is 2.97. The summed E-state index contributed by atoms with van der Waals surface area (Å²) in [5, 5.41) is 11.8. The lowest BCUT2D eigenvalue weighted by Crippen LogP contribution is -2.27. The Morgan fingerprint density at radius 2 is 1.84 bits per heavy atom. The first-order chi connectivity index (χ1) is 15.0. The first kappa shape index (κ1) is 23.9. The molecule has 0 radical (unpaired) electrons. The quantitative estimate of drug-likeness (QED) is 0.191. The molecule has 0 atom stereocenters. The van der Waals surface area contributed by atoms with Gasteiger partial charge in [-0.25, -0.2) is 4.79 Å². The van der Waals surface area contributed by atoms with E-state index in [0.29, 0.717) is 30.2 Å². The van der Waals surface area contributed by atoms with Crippen molar-refractivity contribution in [3.63, 3.8) is 0 Å². The van der Waals surface area contributed by atoms with Crippen molar-refractivity contribution in [2.24, 2.45) is 0 Å². The first-order valence-corrected chi connectivity index (χ1v) is 9.98. The van der Waals surface area contributed by atoms with E-state index in [9.17, 15) is 14.9 Å². The molecule has 0 spiro atoms. The van der Waals surface area contributed by atoms with E-state index in [-0.39, 0.29) is 5.57 Å². The van der Waals surface area contributed by atoms with Gasteiger partial charge in [-0.3, -0.25) is 4.79 Å². The number of carbonyl (C=O) groups is 2. The van der Waals surface area contributed by atoms with Crippen LogP contribution in [0.5, 0.6) is 11.5 Å². The van der Waals surface area contributed by atoms with Gasteiger partial charge in [-0.15, -0.1) is 0 Å². The summed E-state index contributed by atoms with van der Waals surface area (Å²) in [5.74, 6) is 0.0162. The van der Waals surface area contributed by atoms with E-state index in [0.717, 1.165) is 10.0 Å². The zero-order chi connectivity index (χ0) is 22.6. The van der Waals surface area contributed by atoms with Crippen LogP contribution in [0.1, 0.15) is 11.1 Å². The Kier molecular flexibility index (Phi) is 9.49. The highest BCUT2D eigenvalue weighted by Crippen LogP contribution is 2.26. The number of halogens is 1. The van der Waals surface area contributed by atoms with Crippen LogP contribution in [0.2, 0.25) is 0 Å². The standard InChI is InChI=1S/C23H21BrN2O5/c1-29-12-11-26-23(28)18(15-25)13-16-3-7-19(8-4-16)31-22(27)10-6-17-5-9-21(30-2)20(24)14-17/h3-10,13-14H,11-12H2,1-2H3,(H,26,28)/b10-6+,18-13+. The lowest BCUT2D eigenvalue weighted by Gasteiger charge is -2.04. The molecule has 0 heterocycles. The molecule has 0 unspecified atom stereocenters. The smallest absolute Gasteiger partial charge is 0.336 e. The van der Waals surface area contributed by atoms with Gasteiger partial charge in [0.25, 0.3) is 5.91 Å². The van der Waals surface area contributed by atoms with Gasteiger partial charge in [0, 0.05) is 19.7 Å². The molecule has 2 rings (SSSR count). The lowest BCUT2D eigenvalue weighted by molar-refractivity contribution is -0.128. The minimum absolute atomic E-state index is 0.0329. The lowest BCUT2D eigenvalue weighted by atomic mass is 10.1. The molecule has 0 aliphatic carbocycles. The van der Waals surface area contributed by atoms with Crippen LogP contribution in [0, 0.1) is 11.3 Å². The fraction of sp³-hybridized carbons (Fsp3) is 0.174. The third kappa shape index (κ3) is 7.74. The van der Waals surface area contributed by atoms with Crippen molar-refractivity contribution in [2.75, 3.05) is 27.4 Å². The summed E-state index contributed by atoms with van der Waals surface area (Å²) in [4.78, 5) is 24.0. The van der Waals surface area contributed by atoms with Gasteiger partial charge in [-0.1, -0.05) is 18.2 Å². The number of amides is 1. The largest absolute Gasteiger partial charge is 0.496 e. The summed E-state index contributed by atoms with van der Waals surface area (Å²) in [5.41, 5.74) is 1.39. The van der Waals surface area contributed by atoms with Crippen molar-refractivity contribution in [3.8, 4) is 17.6 Å². The molecule has 0 aliphatic rings. The van der Waals surface area contributed by atoms with Gasteiger partial charge in [0.1, 0.15) is 23.1 Å². The van der Waals surface area contributed by atoms with Crippen molar-refractivity contribution < 1.29 is 23.8 Å². The Bertz CT molecular complexity index is 1020. The number of esters is 1. The summed E-state index contributed by atoms with van der Waals surface area (Å²) < 4.78 is 16.1. The number of nitrogens with zero attached hydrogens (tertiary/aromatic N) is 1. The molecule has 1 amide bonds. The topological polar surface area (TPSA) is 97.6 Å². The summed E-state index contributed by atoms with van der Waals surface area (Å²) in [6.45, 7) is 0.666. The Balaban J connectivity index is 1.98. The van der Waals surface area contributed by atoms with E-state index in [1.165, 1.54) is 19.3 Å². The zero-order valence-corrected chi connectivity index (χ0v) is 18.6. The van der Waals surface area contributed by atoms with E-state index in [4.69, 9.17) is 14.2 Å². The molecule has 31 heavy (non-hydrogen) atoms. The highest BCUT2D eigenvalue weighted by atomic mass is 79.9. The van der Waals surface area contributed by atoms with Crippen molar-refractivity contribution in [1.82, 2.24) is 5.32 Å². The van der Waals surface area contributed by atoms with Gasteiger partial charge in [-0.2, -0.15) is 5.26 Å². The predicted molar refractivity (Wildman–Crippen MR) is 120 cm³/mol. The van der Waals surface area contributed by atoms with Crippen LogP contribution < -0.4 is 14.8 Å². The monoisotopic (exact) mass is 484 g/mol. The number of rotatable bonds is 9. The third-order valence-corrected chi connectivity index (χ3v) is 4.57. The van der Waals surface area contributed by atoms with E-state index >= 15 is 0 Å². The fourth-order valence-electron chi connectivity index (χ4n) is 2.41. The molecular formula is C23H21BrN2O5. The van der Waals surface area contributed by atoms with Crippen LogP contribution in [0.4, 0.5) is 0 Å². The summed E-state index contributed by atoms with van der Waals surface area (Å²) in [7, 11) is 3.10. The zero-order valence-electron chi connectivity index (χ0n) is 17.1. The first-order valence-electron chi connectivity index (χ1n) is 9.19. The highest BCUT2D eigenvalue weighted by Gasteiger charge is 2.08. The SMILES string of the molecule is COCCNC(=O)/C(C#N)=C/c1ccc(OC(=O)/C=C/c2ccc(OC)c(Br)c2)cc1. The van der Waals surface area contributed by atoms with Crippen LogP contribution in [0.15, 0.2) is 58.6 Å². The minimum atomic E-state index is -0.537. The van der Waals surface area contributed by atoms with Gasteiger partial charge in [0.2, 0.25) is 0 Å². The van der Waals surface area contributed by atoms with Gasteiger partial charge >= 0.3 is 5.97 Å². The molecule has 0 aliphatic heterocycles. The van der Waals surface area contributed by atoms with Crippen LogP contribution in [-0.4, -0.2) is 39.2 Å². The van der Waals surface area contributed by atoms with E-state index in [1.54, 1.807) is 43.5 Å². The van der Waals surface area contributed by atoms with E-state index in [1.807, 2.05) is 18.2 Å². The van der Waals surface area contributed by atoms with E-state index < -0.39 is 11.9 Å². The van der Waals surface area contributed by atoms with Crippen LogP contribution >= 0.6 is 15.9 Å². The maximum absolute atomic E-state index is 12.1. The van der Waals surface area contributed by atoms with E-state index in [2.05, 4.69) is 21.2 Å². The normalized spacial score (nSPS) is 11.1. The average Bonchev–Trinajstić information content (AvgIpc) is 2.77. The molecule has 0 fully saturated rings. The molecule has 8 heteroatoms. The highest BCUT2D eigenvalue weighted by molar-refractivity contribution is 9.10. The summed E-state index contributed by atoms with van der Waals surface area (Å²) in [6.07, 6.45) is 4.40. The number of methoxy groups -OCH3 is 2. The molecule has 7 nitrogen and oxygen atoms in total. The second-order valence-corrected chi connectivity index (χ2v) is 6.99. The number of hydrogen-bond acceptors (Lipinski definition) is 6. The van der Waals surface area contributed by atoms with Crippen molar-refractivity contribution in [3.05, 3.63) is 69.7 Å². The molecule has 1 N–H and O–H groups in total. The molecular weight excluding hydrogens is 464 g/mol. The molecule has 0 saturated heterocycles. The Labute approximate surface area is 189 Å².